The van der Waals surface area contributed by atoms with Crippen LogP contribution in [0.15, 0.2) is 35.2 Å². The van der Waals surface area contributed by atoms with Crippen molar-refractivity contribution >= 4 is 17.8 Å². The number of hydrogen-bond donors (Lipinski definition) is 0. The number of carbonyl (C=O) groups excluding carboxylic acids is 2. The molecule has 2 amide bonds. The summed E-state index contributed by atoms with van der Waals surface area (Å²) in [7, 11) is 3.61. The zero-order valence-electron chi connectivity index (χ0n) is 17.2. The molecule has 0 N–H and O–H groups in total. The van der Waals surface area contributed by atoms with E-state index in [0.717, 1.165) is 12.8 Å². The third kappa shape index (κ3) is 3.36. The van der Waals surface area contributed by atoms with Gasteiger partial charge in [0.25, 0.3) is 5.91 Å². The lowest BCUT2D eigenvalue weighted by Gasteiger charge is -2.34. The molecule has 2 fully saturated rings. The highest BCUT2D eigenvalue weighted by molar-refractivity contribution is 5.95. The molecule has 2 aliphatic heterocycles. The van der Waals surface area contributed by atoms with Crippen LogP contribution in [0, 0.1) is 18.3 Å². The van der Waals surface area contributed by atoms with Crippen LogP contribution in [0.1, 0.15) is 29.0 Å². The average molecular weight is 397 g/mol. The molecule has 29 heavy (non-hydrogen) atoms. The molecule has 2 aliphatic rings. The van der Waals surface area contributed by atoms with Crippen LogP contribution in [-0.4, -0.2) is 71.9 Å². The fourth-order valence-corrected chi connectivity index (χ4v) is 4.80. The van der Waals surface area contributed by atoms with E-state index in [1.807, 2.05) is 4.90 Å². The summed E-state index contributed by atoms with van der Waals surface area (Å²) in [5.41, 5.74) is 0.0566. The van der Waals surface area contributed by atoms with E-state index in [1.54, 1.807) is 56.7 Å². The van der Waals surface area contributed by atoms with Crippen molar-refractivity contribution in [3.05, 3.63) is 42.1 Å². The van der Waals surface area contributed by atoms with Crippen LogP contribution < -0.4 is 4.90 Å². The van der Waals surface area contributed by atoms with Gasteiger partial charge in [-0.15, -0.1) is 0 Å². The summed E-state index contributed by atoms with van der Waals surface area (Å²) >= 11 is 0. The number of aryl methyl sites for hydroxylation is 1. The van der Waals surface area contributed by atoms with Gasteiger partial charge in [-0.25, -0.2) is 9.97 Å². The Balaban J connectivity index is 1.65. The molecule has 8 nitrogen and oxygen atoms in total. The molecule has 8 heteroatoms. The number of rotatable bonds is 3. The van der Waals surface area contributed by atoms with Crippen LogP contribution >= 0.6 is 0 Å². The Kier molecular flexibility index (Phi) is 5.02. The van der Waals surface area contributed by atoms with Crippen LogP contribution in [0.2, 0.25) is 0 Å². The summed E-state index contributed by atoms with van der Waals surface area (Å²) in [6.07, 6.45) is 6.50. The monoisotopic (exact) mass is 397 g/mol. The Hall–Kier alpha value is -2.90. The number of aromatic nitrogens is 2. The van der Waals surface area contributed by atoms with Crippen LogP contribution in [-0.2, 0) is 4.79 Å². The number of hydrogen-bond acceptors (Lipinski definition) is 6. The summed E-state index contributed by atoms with van der Waals surface area (Å²) < 4.78 is 5.33. The molecule has 0 aliphatic carbocycles. The minimum absolute atomic E-state index is 0.0138. The molecule has 4 rings (SSSR count). The largest absolute Gasteiger partial charge is 0.469 e. The topological polar surface area (TPSA) is 82.8 Å². The lowest BCUT2D eigenvalue weighted by Crippen LogP contribution is -2.47. The smallest absolute Gasteiger partial charge is 0.257 e. The average Bonchev–Trinajstić information content (AvgIpc) is 3.26. The third-order valence-electron chi connectivity index (χ3n) is 6.23. The van der Waals surface area contributed by atoms with E-state index >= 15 is 0 Å². The predicted octanol–water partition coefficient (Wildman–Crippen LogP) is 1.83. The van der Waals surface area contributed by atoms with Gasteiger partial charge in [-0.2, -0.15) is 0 Å². The van der Waals surface area contributed by atoms with E-state index in [4.69, 9.17) is 4.42 Å². The highest BCUT2D eigenvalue weighted by Crippen LogP contribution is 2.44. The standard InChI is InChI=1S/C21H27N5O3/c1-15-17(6-11-29-15)18(27)25-10-4-7-21(19(28)24(2)3)14-26(13-16(21)12-25)20-22-8-5-9-23-20/h5-6,8-9,11,16H,4,7,10,12-14H2,1-3H3/t16-,21-/m0/s1. The predicted molar refractivity (Wildman–Crippen MR) is 107 cm³/mol. The SMILES string of the molecule is Cc1occc1C(=O)N1CCC[C@]2(C(=O)N(C)C)CN(c3ncccn3)C[C@@H]2C1. The van der Waals surface area contributed by atoms with Crippen molar-refractivity contribution in [3.8, 4) is 0 Å². The maximum absolute atomic E-state index is 13.3. The van der Waals surface area contributed by atoms with Crippen molar-refractivity contribution in [1.82, 2.24) is 19.8 Å². The zero-order valence-corrected chi connectivity index (χ0v) is 17.2. The quantitative estimate of drug-likeness (QED) is 0.786. The summed E-state index contributed by atoms with van der Waals surface area (Å²) in [5.74, 6) is 1.36. The molecule has 2 atom stereocenters. The fourth-order valence-electron chi connectivity index (χ4n) is 4.80. The molecule has 2 aromatic rings. The molecule has 0 saturated carbocycles. The number of furan rings is 1. The first-order valence-corrected chi connectivity index (χ1v) is 9.99. The van der Waals surface area contributed by atoms with Crippen molar-refractivity contribution in [1.29, 1.82) is 0 Å². The van der Waals surface area contributed by atoms with E-state index in [1.165, 1.54) is 0 Å². The lowest BCUT2D eigenvalue weighted by atomic mass is 9.74. The first kappa shape index (κ1) is 19.4. The van der Waals surface area contributed by atoms with Crippen LogP contribution in [0.3, 0.4) is 0 Å². The Morgan fingerprint density at radius 1 is 1.24 bits per heavy atom. The van der Waals surface area contributed by atoms with Gasteiger partial charge in [0.2, 0.25) is 11.9 Å². The van der Waals surface area contributed by atoms with Crippen molar-refractivity contribution in [2.24, 2.45) is 11.3 Å². The maximum atomic E-state index is 13.3. The van der Waals surface area contributed by atoms with Crippen molar-refractivity contribution < 1.29 is 14.0 Å². The fraction of sp³-hybridized carbons (Fsp3) is 0.524. The summed E-state index contributed by atoms with van der Waals surface area (Å²) in [4.78, 5) is 40.9. The van der Waals surface area contributed by atoms with Gasteiger partial charge in [0.15, 0.2) is 0 Å². The maximum Gasteiger partial charge on any atom is 0.257 e. The summed E-state index contributed by atoms with van der Waals surface area (Å²) in [5, 5.41) is 0. The van der Waals surface area contributed by atoms with Crippen LogP contribution in [0.25, 0.3) is 0 Å². The van der Waals surface area contributed by atoms with E-state index < -0.39 is 5.41 Å². The first-order valence-electron chi connectivity index (χ1n) is 9.99. The second-order valence-corrected chi connectivity index (χ2v) is 8.23. The van der Waals surface area contributed by atoms with Gasteiger partial charge in [-0.05, 0) is 31.9 Å². The Labute approximate surface area is 170 Å². The first-order chi connectivity index (χ1) is 13.9. The molecule has 0 bridgehead atoms. The van der Waals surface area contributed by atoms with Gasteiger partial charge in [0.05, 0.1) is 17.2 Å². The van der Waals surface area contributed by atoms with Crippen LogP contribution in [0.4, 0.5) is 5.95 Å². The molecular formula is C21H27N5O3. The molecule has 0 unspecified atom stereocenters. The zero-order chi connectivity index (χ0) is 20.6. The Morgan fingerprint density at radius 3 is 2.66 bits per heavy atom. The molecule has 2 aromatic heterocycles. The third-order valence-corrected chi connectivity index (χ3v) is 6.23. The Bertz CT molecular complexity index is 897. The highest BCUT2D eigenvalue weighted by atomic mass is 16.3. The molecular weight excluding hydrogens is 370 g/mol. The number of fused-ring (bicyclic) bond motifs is 1. The van der Waals surface area contributed by atoms with E-state index in [2.05, 4.69) is 14.9 Å². The van der Waals surface area contributed by atoms with Crippen LogP contribution in [0.5, 0.6) is 0 Å². The van der Waals surface area contributed by atoms with Gasteiger partial charge in [0, 0.05) is 58.6 Å². The summed E-state index contributed by atoms with van der Waals surface area (Å²) in [6, 6.07) is 3.51. The summed E-state index contributed by atoms with van der Waals surface area (Å²) in [6.45, 7) is 4.20. The molecule has 4 heterocycles. The molecule has 0 aromatic carbocycles. The molecule has 2 saturated heterocycles. The second kappa shape index (κ2) is 7.50. The van der Waals surface area contributed by atoms with Gasteiger partial charge >= 0.3 is 0 Å². The molecule has 0 spiro atoms. The number of likely N-dealkylation sites (tertiary alicyclic amines) is 1. The number of anilines is 1. The van der Waals surface area contributed by atoms with E-state index in [0.29, 0.717) is 43.5 Å². The van der Waals surface area contributed by atoms with Crippen molar-refractivity contribution in [3.63, 3.8) is 0 Å². The number of carbonyl (C=O) groups is 2. The van der Waals surface area contributed by atoms with Crippen molar-refractivity contribution in [2.45, 2.75) is 19.8 Å². The van der Waals surface area contributed by atoms with Gasteiger partial charge < -0.3 is 19.1 Å². The molecule has 0 radical (unpaired) electrons. The van der Waals surface area contributed by atoms with Gasteiger partial charge in [0.1, 0.15) is 5.76 Å². The van der Waals surface area contributed by atoms with Gasteiger partial charge in [-0.1, -0.05) is 0 Å². The lowest BCUT2D eigenvalue weighted by molar-refractivity contribution is -0.141. The second-order valence-electron chi connectivity index (χ2n) is 8.23. The minimum Gasteiger partial charge on any atom is -0.469 e. The number of nitrogens with zero attached hydrogens (tertiary/aromatic N) is 5. The normalized spacial score (nSPS) is 24.2. The van der Waals surface area contributed by atoms with E-state index in [-0.39, 0.29) is 17.7 Å². The van der Waals surface area contributed by atoms with E-state index in [9.17, 15) is 9.59 Å². The number of amides is 2. The highest BCUT2D eigenvalue weighted by Gasteiger charge is 2.54. The van der Waals surface area contributed by atoms with Gasteiger partial charge in [-0.3, -0.25) is 9.59 Å². The van der Waals surface area contributed by atoms with Crippen molar-refractivity contribution in [2.75, 3.05) is 45.2 Å². The molecule has 154 valence electrons. The Morgan fingerprint density at radius 2 is 2.00 bits per heavy atom. The minimum atomic E-state index is -0.539.